The van der Waals surface area contributed by atoms with Gasteiger partial charge in [-0.1, -0.05) is 15.9 Å². The highest BCUT2D eigenvalue weighted by atomic mass is 79.9. The Balaban J connectivity index is 3.31. The lowest BCUT2D eigenvalue weighted by Crippen LogP contribution is -2.16. The van der Waals surface area contributed by atoms with Crippen LogP contribution in [0.15, 0.2) is 10.9 Å². The highest BCUT2D eigenvalue weighted by Gasteiger charge is 2.14. The molecule has 0 saturated heterocycles. The summed E-state index contributed by atoms with van der Waals surface area (Å²) in [7, 11) is 0. The van der Waals surface area contributed by atoms with Gasteiger partial charge in [-0.25, -0.2) is 8.78 Å². The first-order valence-electron chi connectivity index (χ1n) is 3.80. The van der Waals surface area contributed by atoms with E-state index in [2.05, 4.69) is 20.9 Å². The number of hydrogen-bond donors (Lipinski definition) is 2. The van der Waals surface area contributed by atoms with Crippen molar-refractivity contribution >= 4 is 15.9 Å². The van der Waals surface area contributed by atoms with E-state index >= 15 is 0 Å². The number of pyridine rings is 1. The average Bonchev–Trinajstić information content (AvgIpc) is 2.16. The Bertz CT molecular complexity index is 378. The summed E-state index contributed by atoms with van der Waals surface area (Å²) in [5, 5.41) is 9.17. The van der Waals surface area contributed by atoms with Gasteiger partial charge in [-0.3, -0.25) is 4.79 Å². The van der Waals surface area contributed by atoms with Crippen LogP contribution in [-0.4, -0.2) is 10.1 Å². The topological polar surface area (TPSA) is 53.1 Å². The molecule has 0 amide bonds. The van der Waals surface area contributed by atoms with E-state index in [9.17, 15) is 13.6 Å². The third-order valence-electron chi connectivity index (χ3n) is 1.78. The Hall–Kier alpha value is -0.750. The van der Waals surface area contributed by atoms with Crippen molar-refractivity contribution in [1.29, 1.82) is 0 Å². The summed E-state index contributed by atoms with van der Waals surface area (Å²) in [6.45, 7) is -0.378. The second kappa shape index (κ2) is 4.65. The van der Waals surface area contributed by atoms with Crippen molar-refractivity contribution in [2.75, 3.05) is 0 Å². The van der Waals surface area contributed by atoms with E-state index in [-0.39, 0.29) is 6.61 Å². The summed E-state index contributed by atoms with van der Waals surface area (Å²) in [5.41, 5.74) is -0.705. The lowest BCUT2D eigenvalue weighted by molar-refractivity contribution is 0.149. The van der Waals surface area contributed by atoms with Crippen LogP contribution < -0.4 is 5.56 Å². The number of H-pyrrole nitrogens is 1. The third-order valence-corrected chi connectivity index (χ3v) is 2.34. The molecule has 0 atom stereocenters. The maximum Gasteiger partial charge on any atom is 0.269 e. The molecular weight excluding hydrogens is 260 g/mol. The summed E-state index contributed by atoms with van der Waals surface area (Å²) >= 11 is 3.08. The van der Waals surface area contributed by atoms with E-state index < -0.39 is 17.5 Å². The molecule has 14 heavy (non-hydrogen) atoms. The maximum atomic E-state index is 12.3. The van der Waals surface area contributed by atoms with Crippen molar-refractivity contribution < 1.29 is 13.9 Å². The van der Waals surface area contributed by atoms with Gasteiger partial charge in [0.1, 0.15) is 0 Å². The molecule has 1 rings (SSSR count). The third kappa shape index (κ3) is 2.19. The average molecular weight is 268 g/mol. The van der Waals surface area contributed by atoms with E-state index in [1.54, 1.807) is 0 Å². The second-order valence-electron chi connectivity index (χ2n) is 2.65. The summed E-state index contributed by atoms with van der Waals surface area (Å²) in [5.74, 6) is 0. The van der Waals surface area contributed by atoms with Gasteiger partial charge in [-0.05, 0) is 11.6 Å². The molecule has 1 aromatic rings. The molecule has 1 heterocycles. The fourth-order valence-electron chi connectivity index (χ4n) is 1.05. The van der Waals surface area contributed by atoms with Gasteiger partial charge in [0, 0.05) is 11.0 Å². The van der Waals surface area contributed by atoms with Gasteiger partial charge in [0.15, 0.2) is 0 Å². The van der Waals surface area contributed by atoms with Gasteiger partial charge in [0.2, 0.25) is 0 Å². The second-order valence-corrected chi connectivity index (χ2v) is 3.21. The number of nitrogens with one attached hydrogen (secondary N) is 1. The highest BCUT2D eigenvalue weighted by molar-refractivity contribution is 9.08. The molecule has 3 nitrogen and oxygen atoms in total. The van der Waals surface area contributed by atoms with Crippen LogP contribution in [0.3, 0.4) is 0 Å². The molecule has 2 N–H and O–H groups in total. The van der Waals surface area contributed by atoms with Crippen molar-refractivity contribution in [2.45, 2.75) is 18.4 Å². The predicted molar refractivity (Wildman–Crippen MR) is 50.6 cm³/mol. The largest absolute Gasteiger partial charge is 0.392 e. The summed E-state index contributed by atoms with van der Waals surface area (Å²) in [4.78, 5) is 13.4. The quantitative estimate of drug-likeness (QED) is 0.820. The van der Waals surface area contributed by atoms with Gasteiger partial charge in [0.25, 0.3) is 12.0 Å². The summed E-state index contributed by atoms with van der Waals surface area (Å²) in [6, 6.07) is 1.03. The van der Waals surface area contributed by atoms with Crippen LogP contribution >= 0.6 is 15.9 Å². The van der Waals surface area contributed by atoms with E-state index in [0.717, 1.165) is 6.07 Å². The number of aromatic nitrogens is 1. The van der Waals surface area contributed by atoms with E-state index in [0.29, 0.717) is 16.6 Å². The number of hydrogen-bond acceptors (Lipinski definition) is 2. The molecule has 0 unspecified atom stereocenters. The van der Waals surface area contributed by atoms with Gasteiger partial charge in [-0.15, -0.1) is 0 Å². The van der Waals surface area contributed by atoms with Crippen molar-refractivity contribution in [2.24, 2.45) is 0 Å². The molecule has 0 fully saturated rings. The van der Waals surface area contributed by atoms with Crippen molar-refractivity contribution in [3.63, 3.8) is 0 Å². The number of alkyl halides is 3. The number of halogens is 3. The van der Waals surface area contributed by atoms with Crippen molar-refractivity contribution in [1.82, 2.24) is 4.98 Å². The highest BCUT2D eigenvalue weighted by Crippen LogP contribution is 2.18. The molecule has 0 aliphatic carbocycles. The lowest BCUT2D eigenvalue weighted by atomic mass is 10.1. The summed E-state index contributed by atoms with van der Waals surface area (Å²) < 4.78 is 24.5. The van der Waals surface area contributed by atoms with Crippen LogP contribution in [0.4, 0.5) is 8.78 Å². The monoisotopic (exact) mass is 267 g/mol. The minimum atomic E-state index is -2.83. The van der Waals surface area contributed by atoms with E-state index in [1.165, 1.54) is 0 Å². The van der Waals surface area contributed by atoms with E-state index in [1.807, 2.05) is 0 Å². The van der Waals surface area contributed by atoms with Crippen molar-refractivity contribution in [3.05, 3.63) is 33.2 Å². The molecule has 0 bridgehead atoms. The van der Waals surface area contributed by atoms with Gasteiger partial charge >= 0.3 is 0 Å². The summed E-state index contributed by atoms with van der Waals surface area (Å²) in [6.07, 6.45) is -2.83. The van der Waals surface area contributed by atoms with Crippen LogP contribution in [0.25, 0.3) is 0 Å². The molecule has 6 heteroatoms. The maximum absolute atomic E-state index is 12.3. The molecule has 0 aliphatic heterocycles. The Morgan fingerprint density at radius 3 is 2.64 bits per heavy atom. The molecule has 1 aromatic heterocycles. The van der Waals surface area contributed by atoms with E-state index in [4.69, 9.17) is 5.11 Å². The van der Waals surface area contributed by atoms with Gasteiger partial charge in [-0.2, -0.15) is 0 Å². The standard InChI is InChI=1S/C8H8BrF2NO2/c9-2-6-4(3-13)1-5(7(10)11)8(14)12-6/h1,7,13H,2-3H2,(H,12,14). The number of aromatic amines is 1. The predicted octanol–water partition coefficient (Wildman–Crippen LogP) is 1.70. The Morgan fingerprint density at radius 2 is 2.21 bits per heavy atom. The molecule has 78 valence electrons. The first kappa shape index (κ1) is 11.3. The molecule has 0 aromatic carbocycles. The Labute approximate surface area is 86.9 Å². The fourth-order valence-corrected chi connectivity index (χ4v) is 1.55. The molecule has 0 saturated carbocycles. The normalized spacial score (nSPS) is 10.9. The zero-order valence-electron chi connectivity index (χ0n) is 7.06. The van der Waals surface area contributed by atoms with Crippen LogP contribution in [0.5, 0.6) is 0 Å². The Morgan fingerprint density at radius 1 is 1.57 bits per heavy atom. The zero-order valence-corrected chi connectivity index (χ0v) is 8.64. The number of rotatable bonds is 3. The number of aliphatic hydroxyl groups is 1. The first-order valence-corrected chi connectivity index (χ1v) is 4.92. The van der Waals surface area contributed by atoms with Crippen LogP contribution in [0, 0.1) is 0 Å². The Kier molecular flexibility index (Phi) is 3.77. The van der Waals surface area contributed by atoms with Gasteiger partial charge in [0.05, 0.1) is 12.2 Å². The van der Waals surface area contributed by atoms with Crippen LogP contribution in [0.2, 0.25) is 0 Å². The first-order chi connectivity index (χ1) is 6.60. The SMILES string of the molecule is O=c1[nH]c(CBr)c(CO)cc1C(F)F. The van der Waals surface area contributed by atoms with Gasteiger partial charge < -0.3 is 10.1 Å². The van der Waals surface area contributed by atoms with Crippen LogP contribution in [-0.2, 0) is 11.9 Å². The fraction of sp³-hybridized carbons (Fsp3) is 0.375. The van der Waals surface area contributed by atoms with Crippen molar-refractivity contribution in [3.8, 4) is 0 Å². The molecular formula is C8H8BrF2NO2. The minimum absolute atomic E-state index is 0.303. The lowest BCUT2D eigenvalue weighted by Gasteiger charge is -2.06. The zero-order chi connectivity index (χ0) is 10.7. The molecule has 0 spiro atoms. The smallest absolute Gasteiger partial charge is 0.269 e. The molecule has 0 aliphatic rings. The van der Waals surface area contributed by atoms with Crippen LogP contribution in [0.1, 0.15) is 23.2 Å². The number of aliphatic hydroxyl groups excluding tert-OH is 1. The minimum Gasteiger partial charge on any atom is -0.392 e. The molecule has 0 radical (unpaired) electrons.